The Hall–Kier alpha value is -2.45. The summed E-state index contributed by atoms with van der Waals surface area (Å²) in [6, 6.07) is 1.27. The van der Waals surface area contributed by atoms with Gasteiger partial charge in [0.2, 0.25) is 5.43 Å². The fraction of sp³-hybridized carbons (Fsp3) is 0.500. The molecular weight excluding hydrogens is 367 g/mol. The highest BCUT2D eigenvalue weighted by molar-refractivity contribution is 5.95. The Morgan fingerprint density at radius 3 is 2.39 bits per heavy atom. The fourth-order valence-corrected chi connectivity index (χ4v) is 4.27. The van der Waals surface area contributed by atoms with E-state index in [1.807, 2.05) is 9.47 Å². The average Bonchev–Trinajstić information content (AvgIpc) is 3.47. The summed E-state index contributed by atoms with van der Waals surface area (Å²) in [6.45, 7) is 2.71. The molecule has 28 heavy (non-hydrogen) atoms. The SMILES string of the molecule is Cc1c(N2CCC(C(O)O)CC2)c(F)cc2c(=O)c(C(=O)O)cn(C3CC3)c12. The summed E-state index contributed by atoms with van der Waals surface area (Å²) in [7, 11) is 0. The van der Waals surface area contributed by atoms with Crippen molar-refractivity contribution in [2.75, 3.05) is 18.0 Å². The molecule has 0 spiro atoms. The first-order chi connectivity index (χ1) is 13.3. The second-order valence-corrected chi connectivity index (χ2v) is 7.78. The first kappa shape index (κ1) is 18.9. The summed E-state index contributed by atoms with van der Waals surface area (Å²) < 4.78 is 16.9. The molecule has 2 aliphatic rings. The van der Waals surface area contributed by atoms with Crippen LogP contribution in [0.5, 0.6) is 0 Å². The molecule has 0 amide bonds. The van der Waals surface area contributed by atoms with Crippen molar-refractivity contribution in [3.8, 4) is 0 Å². The second-order valence-electron chi connectivity index (χ2n) is 7.78. The van der Waals surface area contributed by atoms with Crippen LogP contribution in [0.2, 0.25) is 0 Å². The van der Waals surface area contributed by atoms with Crippen LogP contribution < -0.4 is 10.3 Å². The molecule has 150 valence electrons. The number of anilines is 1. The van der Waals surface area contributed by atoms with Gasteiger partial charge in [-0.15, -0.1) is 0 Å². The number of aryl methyl sites for hydroxylation is 1. The molecule has 7 nitrogen and oxygen atoms in total. The van der Waals surface area contributed by atoms with E-state index in [2.05, 4.69) is 0 Å². The van der Waals surface area contributed by atoms with Crippen LogP contribution in [0.25, 0.3) is 10.9 Å². The maximum atomic E-state index is 15.0. The van der Waals surface area contributed by atoms with Crippen LogP contribution in [-0.2, 0) is 0 Å². The maximum absolute atomic E-state index is 15.0. The first-order valence-corrected chi connectivity index (χ1v) is 9.52. The number of hydrogen-bond donors (Lipinski definition) is 3. The van der Waals surface area contributed by atoms with Gasteiger partial charge in [-0.3, -0.25) is 4.79 Å². The van der Waals surface area contributed by atoms with E-state index in [1.54, 1.807) is 6.92 Å². The third-order valence-corrected chi connectivity index (χ3v) is 5.93. The molecule has 4 rings (SSSR count). The number of pyridine rings is 1. The van der Waals surface area contributed by atoms with Crippen LogP contribution >= 0.6 is 0 Å². The van der Waals surface area contributed by atoms with Crippen molar-refractivity contribution in [2.45, 2.75) is 44.9 Å². The molecular formula is C20H23FN2O5. The monoisotopic (exact) mass is 390 g/mol. The molecule has 1 aromatic heterocycles. The maximum Gasteiger partial charge on any atom is 0.341 e. The molecule has 1 aliphatic heterocycles. The third-order valence-electron chi connectivity index (χ3n) is 5.93. The van der Waals surface area contributed by atoms with Crippen molar-refractivity contribution in [3.05, 3.63) is 39.4 Å². The lowest BCUT2D eigenvalue weighted by atomic mass is 9.95. The van der Waals surface area contributed by atoms with Gasteiger partial charge in [0.05, 0.1) is 11.2 Å². The summed E-state index contributed by atoms with van der Waals surface area (Å²) in [5.74, 6) is -2.11. The zero-order valence-corrected chi connectivity index (χ0v) is 15.6. The summed E-state index contributed by atoms with van der Waals surface area (Å²) in [4.78, 5) is 26.0. The highest BCUT2D eigenvalue weighted by Gasteiger charge is 2.31. The number of aliphatic hydroxyl groups is 2. The molecule has 1 saturated heterocycles. The lowest BCUT2D eigenvalue weighted by Gasteiger charge is -2.35. The highest BCUT2D eigenvalue weighted by atomic mass is 19.1. The van der Waals surface area contributed by atoms with E-state index >= 15 is 4.39 Å². The van der Waals surface area contributed by atoms with Gasteiger partial charge in [-0.25, -0.2) is 9.18 Å². The van der Waals surface area contributed by atoms with Gasteiger partial charge < -0.3 is 24.8 Å². The lowest BCUT2D eigenvalue weighted by Crippen LogP contribution is -2.38. The largest absolute Gasteiger partial charge is 0.477 e. The van der Waals surface area contributed by atoms with Crippen LogP contribution in [0.3, 0.4) is 0 Å². The molecule has 3 N–H and O–H groups in total. The van der Waals surface area contributed by atoms with Gasteiger partial charge in [0, 0.05) is 36.6 Å². The predicted molar refractivity (Wildman–Crippen MR) is 101 cm³/mol. The Morgan fingerprint density at radius 1 is 1.21 bits per heavy atom. The second kappa shape index (κ2) is 6.86. The topological polar surface area (TPSA) is 103 Å². The molecule has 0 bridgehead atoms. The molecule has 1 aliphatic carbocycles. The number of piperidine rings is 1. The molecule has 1 aromatic carbocycles. The van der Waals surface area contributed by atoms with Crippen molar-refractivity contribution < 1.29 is 24.5 Å². The number of carboxylic acid groups (broad SMARTS) is 1. The number of aromatic carboxylic acids is 1. The standard InChI is InChI=1S/C20H23FN2O5/c1-10-16-13(18(24)14(20(27)28)9-23(16)12-2-3-12)8-15(21)17(10)22-6-4-11(5-7-22)19(25)26/h8-9,11-12,19,25-26H,2-7H2,1H3,(H,27,28). The summed E-state index contributed by atoms with van der Waals surface area (Å²) in [5.41, 5.74) is 0.575. The lowest BCUT2D eigenvalue weighted by molar-refractivity contribution is -0.0893. The van der Waals surface area contributed by atoms with E-state index in [9.17, 15) is 24.9 Å². The number of carbonyl (C=O) groups is 1. The fourth-order valence-electron chi connectivity index (χ4n) is 4.27. The quantitative estimate of drug-likeness (QED) is 0.690. The van der Waals surface area contributed by atoms with Crippen molar-refractivity contribution in [1.29, 1.82) is 0 Å². The van der Waals surface area contributed by atoms with Crippen molar-refractivity contribution in [3.63, 3.8) is 0 Å². The van der Waals surface area contributed by atoms with Crippen LogP contribution in [0, 0.1) is 18.7 Å². The minimum absolute atomic E-state index is 0.0891. The molecule has 2 aromatic rings. The molecule has 0 unspecified atom stereocenters. The summed E-state index contributed by atoms with van der Waals surface area (Å²) in [5, 5.41) is 28.2. The Morgan fingerprint density at radius 2 is 1.86 bits per heavy atom. The van der Waals surface area contributed by atoms with Crippen LogP contribution in [0.15, 0.2) is 17.1 Å². The Bertz CT molecular complexity index is 1000. The van der Waals surface area contributed by atoms with Gasteiger partial charge in [-0.2, -0.15) is 0 Å². The number of aliphatic hydroxyl groups excluding tert-OH is 1. The van der Waals surface area contributed by atoms with E-state index in [0.717, 1.165) is 18.9 Å². The summed E-state index contributed by atoms with van der Waals surface area (Å²) >= 11 is 0. The zero-order chi connectivity index (χ0) is 20.2. The average molecular weight is 390 g/mol. The van der Waals surface area contributed by atoms with Crippen molar-refractivity contribution in [1.82, 2.24) is 4.57 Å². The van der Waals surface area contributed by atoms with Gasteiger partial charge in [-0.1, -0.05) is 0 Å². The first-order valence-electron chi connectivity index (χ1n) is 9.52. The van der Waals surface area contributed by atoms with E-state index in [4.69, 9.17) is 0 Å². The van der Waals surface area contributed by atoms with Gasteiger partial charge in [0.25, 0.3) is 0 Å². The van der Waals surface area contributed by atoms with Crippen LogP contribution in [0.1, 0.15) is 47.6 Å². The molecule has 2 heterocycles. The normalized spacial score (nSPS) is 18.2. The summed E-state index contributed by atoms with van der Waals surface area (Å²) in [6.07, 6.45) is 2.85. The third kappa shape index (κ3) is 3.06. The number of aromatic nitrogens is 1. The van der Waals surface area contributed by atoms with E-state index < -0.39 is 23.5 Å². The molecule has 0 atom stereocenters. The predicted octanol–water partition coefficient (Wildman–Crippen LogP) is 2.01. The number of fused-ring (bicyclic) bond motifs is 1. The van der Waals surface area contributed by atoms with E-state index in [0.29, 0.717) is 42.7 Å². The minimum Gasteiger partial charge on any atom is -0.477 e. The molecule has 2 fully saturated rings. The highest BCUT2D eigenvalue weighted by Crippen LogP contribution is 2.40. The Kier molecular flexibility index (Phi) is 4.63. The molecule has 1 saturated carbocycles. The number of carboxylic acids is 1. The Balaban J connectivity index is 1.86. The number of rotatable bonds is 4. The molecule has 8 heteroatoms. The number of benzene rings is 1. The van der Waals surface area contributed by atoms with Gasteiger partial charge in [0.1, 0.15) is 11.4 Å². The Labute approximate surface area is 160 Å². The smallest absolute Gasteiger partial charge is 0.341 e. The van der Waals surface area contributed by atoms with Gasteiger partial charge in [0.15, 0.2) is 6.29 Å². The van der Waals surface area contributed by atoms with E-state index in [1.165, 1.54) is 6.20 Å². The van der Waals surface area contributed by atoms with Crippen LogP contribution in [-0.4, -0.2) is 45.2 Å². The minimum atomic E-state index is -1.38. The number of nitrogens with zero attached hydrogens (tertiary/aromatic N) is 2. The number of halogens is 1. The number of hydrogen-bond acceptors (Lipinski definition) is 5. The zero-order valence-electron chi connectivity index (χ0n) is 15.6. The molecule has 0 radical (unpaired) electrons. The van der Waals surface area contributed by atoms with E-state index in [-0.39, 0.29) is 22.9 Å². The van der Waals surface area contributed by atoms with Gasteiger partial charge in [-0.05, 0) is 44.2 Å². The van der Waals surface area contributed by atoms with Crippen molar-refractivity contribution >= 4 is 22.6 Å². The van der Waals surface area contributed by atoms with Crippen LogP contribution in [0.4, 0.5) is 10.1 Å². The van der Waals surface area contributed by atoms with Crippen molar-refractivity contribution in [2.24, 2.45) is 5.92 Å². The van der Waals surface area contributed by atoms with Gasteiger partial charge >= 0.3 is 5.97 Å².